The smallest absolute Gasteiger partial charge is 0.221 e. The Kier molecular flexibility index (Phi) is 6.31. The highest BCUT2D eigenvalue weighted by atomic mass is 16.5. The Morgan fingerprint density at radius 2 is 2.40 bits per heavy atom. The van der Waals surface area contributed by atoms with Crippen LogP contribution in [0.2, 0.25) is 0 Å². The van der Waals surface area contributed by atoms with Gasteiger partial charge in [0.25, 0.3) is 0 Å². The van der Waals surface area contributed by atoms with Gasteiger partial charge in [-0.15, -0.1) is 0 Å². The van der Waals surface area contributed by atoms with Crippen LogP contribution in [0, 0.1) is 0 Å². The van der Waals surface area contributed by atoms with Crippen LogP contribution in [0.5, 0.6) is 0 Å². The van der Waals surface area contributed by atoms with Gasteiger partial charge in [0, 0.05) is 39.2 Å². The fraction of sp³-hybridized carbons (Fsp3) is 0.900. The molecule has 1 amide bonds. The van der Waals surface area contributed by atoms with Gasteiger partial charge in [-0.1, -0.05) is 0 Å². The molecule has 5 nitrogen and oxygen atoms in total. The predicted octanol–water partition coefficient (Wildman–Crippen LogP) is -0.909. The van der Waals surface area contributed by atoms with Crippen molar-refractivity contribution in [3.63, 3.8) is 0 Å². The molecule has 0 radical (unpaired) electrons. The molecule has 1 aliphatic rings. The van der Waals surface area contributed by atoms with Crippen LogP contribution in [0.4, 0.5) is 0 Å². The highest BCUT2D eigenvalue weighted by Crippen LogP contribution is 1.96. The summed E-state index contributed by atoms with van der Waals surface area (Å²) in [6.45, 7) is 4.03. The van der Waals surface area contributed by atoms with Crippen LogP contribution in [0.1, 0.15) is 12.8 Å². The molecule has 0 aliphatic carbocycles. The zero-order valence-electron chi connectivity index (χ0n) is 9.34. The van der Waals surface area contributed by atoms with E-state index in [1.165, 1.54) is 0 Å². The first-order valence-electron chi connectivity index (χ1n) is 5.52. The van der Waals surface area contributed by atoms with E-state index in [1.54, 1.807) is 7.11 Å². The Morgan fingerprint density at radius 3 is 3.07 bits per heavy atom. The number of hydrogen-bond donors (Lipinski definition) is 3. The third kappa shape index (κ3) is 5.71. The van der Waals surface area contributed by atoms with Gasteiger partial charge in [-0.3, -0.25) is 4.79 Å². The summed E-state index contributed by atoms with van der Waals surface area (Å²) in [5.74, 6) is 0.0884. The van der Waals surface area contributed by atoms with Crippen molar-refractivity contribution in [3.05, 3.63) is 0 Å². The number of hydrogen-bond acceptors (Lipinski definition) is 4. The van der Waals surface area contributed by atoms with Crippen LogP contribution in [-0.2, 0) is 9.53 Å². The summed E-state index contributed by atoms with van der Waals surface area (Å²) in [5, 5.41) is 9.41. The van der Waals surface area contributed by atoms with E-state index in [0.717, 1.165) is 26.1 Å². The van der Waals surface area contributed by atoms with E-state index in [4.69, 9.17) is 4.74 Å². The van der Waals surface area contributed by atoms with Crippen LogP contribution in [0.15, 0.2) is 0 Å². The molecule has 1 heterocycles. The third-order valence-electron chi connectivity index (χ3n) is 2.47. The van der Waals surface area contributed by atoms with Crippen molar-refractivity contribution in [2.45, 2.75) is 18.9 Å². The summed E-state index contributed by atoms with van der Waals surface area (Å²) in [5.41, 5.74) is 0. The summed E-state index contributed by atoms with van der Waals surface area (Å²) >= 11 is 0. The van der Waals surface area contributed by atoms with E-state index in [9.17, 15) is 4.79 Å². The Bertz CT molecular complexity index is 182. The molecule has 15 heavy (non-hydrogen) atoms. The fourth-order valence-corrected chi connectivity index (χ4v) is 1.60. The van der Waals surface area contributed by atoms with Crippen molar-refractivity contribution in [1.29, 1.82) is 0 Å². The Labute approximate surface area is 90.9 Å². The van der Waals surface area contributed by atoms with Gasteiger partial charge in [-0.2, -0.15) is 0 Å². The van der Waals surface area contributed by atoms with Gasteiger partial charge in [-0.05, 0) is 13.0 Å². The number of carbonyl (C=O) groups is 1. The van der Waals surface area contributed by atoms with Gasteiger partial charge in [0.2, 0.25) is 5.91 Å². The molecule has 1 rings (SSSR count). The first-order chi connectivity index (χ1) is 7.33. The van der Waals surface area contributed by atoms with Gasteiger partial charge >= 0.3 is 0 Å². The standard InChI is InChI=1S/C10H21N3O2/c1-15-7-6-13-10(14)3-5-12-9-2-4-11-8-9/h9,11-12H,2-8H2,1H3,(H,13,14). The predicted molar refractivity (Wildman–Crippen MR) is 58.8 cm³/mol. The van der Waals surface area contributed by atoms with E-state index in [-0.39, 0.29) is 5.91 Å². The lowest BCUT2D eigenvalue weighted by Crippen LogP contribution is -2.35. The van der Waals surface area contributed by atoms with E-state index < -0.39 is 0 Å². The normalized spacial score (nSPS) is 20.5. The largest absolute Gasteiger partial charge is 0.383 e. The molecule has 0 aromatic heterocycles. The molecule has 1 fully saturated rings. The highest BCUT2D eigenvalue weighted by Gasteiger charge is 2.13. The second kappa shape index (κ2) is 7.62. The average molecular weight is 215 g/mol. The maximum absolute atomic E-state index is 11.3. The molecule has 0 spiro atoms. The van der Waals surface area contributed by atoms with Crippen molar-refractivity contribution in [1.82, 2.24) is 16.0 Å². The maximum atomic E-state index is 11.3. The summed E-state index contributed by atoms with van der Waals surface area (Å²) in [6.07, 6.45) is 1.70. The van der Waals surface area contributed by atoms with Crippen LogP contribution >= 0.6 is 0 Å². The highest BCUT2D eigenvalue weighted by molar-refractivity contribution is 5.76. The minimum Gasteiger partial charge on any atom is -0.383 e. The number of ether oxygens (including phenoxy) is 1. The van der Waals surface area contributed by atoms with Crippen molar-refractivity contribution in [2.24, 2.45) is 0 Å². The summed E-state index contributed by atoms with van der Waals surface area (Å²) in [6, 6.07) is 0.539. The summed E-state index contributed by atoms with van der Waals surface area (Å²) < 4.78 is 4.84. The number of methoxy groups -OCH3 is 1. The average Bonchev–Trinajstić information content (AvgIpc) is 2.71. The molecule has 0 aromatic carbocycles. The third-order valence-corrected chi connectivity index (χ3v) is 2.47. The van der Waals surface area contributed by atoms with Gasteiger partial charge in [0.05, 0.1) is 6.61 Å². The van der Waals surface area contributed by atoms with Crippen LogP contribution in [0.3, 0.4) is 0 Å². The van der Waals surface area contributed by atoms with E-state index in [0.29, 0.717) is 25.6 Å². The number of carbonyl (C=O) groups excluding carboxylic acids is 1. The van der Waals surface area contributed by atoms with Gasteiger partial charge in [-0.25, -0.2) is 0 Å². The van der Waals surface area contributed by atoms with E-state index in [2.05, 4.69) is 16.0 Å². The topological polar surface area (TPSA) is 62.4 Å². The quantitative estimate of drug-likeness (QED) is 0.481. The molecule has 3 N–H and O–H groups in total. The molecule has 0 aromatic rings. The lowest BCUT2D eigenvalue weighted by Gasteiger charge is -2.10. The summed E-state index contributed by atoms with van der Waals surface area (Å²) in [4.78, 5) is 11.3. The van der Waals surface area contributed by atoms with Crippen molar-refractivity contribution >= 4 is 5.91 Å². The minimum atomic E-state index is 0.0884. The van der Waals surface area contributed by atoms with Crippen LogP contribution in [-0.4, -0.2) is 51.8 Å². The van der Waals surface area contributed by atoms with E-state index >= 15 is 0 Å². The SMILES string of the molecule is COCCNC(=O)CCNC1CCNC1. The zero-order valence-corrected chi connectivity index (χ0v) is 9.34. The fourth-order valence-electron chi connectivity index (χ4n) is 1.60. The van der Waals surface area contributed by atoms with Gasteiger partial charge in [0.15, 0.2) is 0 Å². The second-order valence-electron chi connectivity index (χ2n) is 3.74. The molecule has 5 heteroatoms. The molecule has 1 aliphatic heterocycles. The maximum Gasteiger partial charge on any atom is 0.221 e. The Hall–Kier alpha value is -0.650. The van der Waals surface area contributed by atoms with Gasteiger partial charge < -0.3 is 20.7 Å². The second-order valence-corrected chi connectivity index (χ2v) is 3.74. The molecule has 1 atom stereocenters. The molecule has 0 saturated carbocycles. The Morgan fingerprint density at radius 1 is 1.53 bits per heavy atom. The molecule has 88 valence electrons. The van der Waals surface area contributed by atoms with Crippen LogP contribution in [0.25, 0.3) is 0 Å². The molecule has 0 bridgehead atoms. The molecular formula is C10H21N3O2. The molecular weight excluding hydrogens is 194 g/mol. The monoisotopic (exact) mass is 215 g/mol. The number of nitrogens with one attached hydrogen (secondary N) is 3. The number of rotatable bonds is 7. The number of amides is 1. The molecule has 1 unspecified atom stereocenters. The van der Waals surface area contributed by atoms with Crippen molar-refractivity contribution in [3.8, 4) is 0 Å². The first-order valence-corrected chi connectivity index (χ1v) is 5.52. The lowest BCUT2D eigenvalue weighted by molar-refractivity contribution is -0.121. The summed E-state index contributed by atoms with van der Waals surface area (Å²) in [7, 11) is 1.63. The van der Waals surface area contributed by atoms with Crippen molar-refractivity contribution < 1.29 is 9.53 Å². The Balaban J connectivity index is 1.91. The van der Waals surface area contributed by atoms with Crippen molar-refractivity contribution in [2.75, 3.05) is 39.9 Å². The van der Waals surface area contributed by atoms with Gasteiger partial charge in [0.1, 0.15) is 0 Å². The first kappa shape index (κ1) is 12.4. The van der Waals surface area contributed by atoms with Crippen LogP contribution < -0.4 is 16.0 Å². The minimum absolute atomic E-state index is 0.0884. The lowest BCUT2D eigenvalue weighted by atomic mass is 10.2. The molecule has 1 saturated heterocycles. The van der Waals surface area contributed by atoms with E-state index in [1.807, 2.05) is 0 Å². The zero-order chi connectivity index (χ0) is 10.9.